The van der Waals surface area contributed by atoms with Crippen molar-refractivity contribution in [3.8, 4) is 0 Å². The first-order valence-corrected chi connectivity index (χ1v) is 15.9. The van der Waals surface area contributed by atoms with E-state index in [9.17, 15) is 0 Å². The average molecular weight is 614 g/mol. The highest BCUT2D eigenvalue weighted by Gasteiger charge is 2.05. The standard InChI is InChI=1S/C33H58N4O2.2ClH/c1-3-5-7-9-11-13-15-17-25-38-30-36-23-19-21-32(27-36)34-29-35-33-22-20-24-37(28-33)31-39-26-18-16-14-12-10-8-6-4-2;;/h19-24,27-28,34-35H,3-18,25-26,29-31H2,1-2H3;2*1H/q+2;;/p-2. The van der Waals surface area contributed by atoms with Crippen molar-refractivity contribution in [3.63, 3.8) is 0 Å². The van der Waals surface area contributed by atoms with Crippen molar-refractivity contribution in [3.05, 3.63) is 49.1 Å². The number of nitrogens with zero attached hydrogens (tertiary/aromatic N) is 2. The third-order valence-corrected chi connectivity index (χ3v) is 7.07. The molecule has 2 heterocycles. The van der Waals surface area contributed by atoms with Gasteiger partial charge in [0.2, 0.25) is 0 Å². The van der Waals surface area contributed by atoms with Crippen LogP contribution in [-0.4, -0.2) is 19.9 Å². The van der Waals surface area contributed by atoms with E-state index in [4.69, 9.17) is 9.47 Å². The van der Waals surface area contributed by atoms with Crippen molar-refractivity contribution in [1.29, 1.82) is 0 Å². The van der Waals surface area contributed by atoms with E-state index in [0.29, 0.717) is 20.1 Å². The number of unbranched alkanes of at least 4 members (excludes halogenated alkanes) is 14. The summed E-state index contributed by atoms with van der Waals surface area (Å²) in [5, 5.41) is 6.90. The van der Waals surface area contributed by atoms with Crippen molar-refractivity contribution >= 4 is 11.4 Å². The second kappa shape index (κ2) is 28.5. The Hall–Kier alpha value is -1.60. The summed E-state index contributed by atoms with van der Waals surface area (Å²) in [5.41, 5.74) is 2.14. The first-order valence-electron chi connectivity index (χ1n) is 15.9. The Bertz CT molecular complexity index is 777. The maximum absolute atomic E-state index is 5.89. The van der Waals surface area contributed by atoms with Gasteiger partial charge in [0.1, 0.15) is 11.4 Å². The monoisotopic (exact) mass is 612 g/mol. The zero-order valence-corrected chi connectivity index (χ0v) is 27.4. The fraction of sp³-hybridized carbons (Fsp3) is 0.697. The molecule has 41 heavy (non-hydrogen) atoms. The van der Waals surface area contributed by atoms with E-state index in [1.54, 1.807) is 0 Å². The van der Waals surface area contributed by atoms with Crippen LogP contribution in [0.15, 0.2) is 49.1 Å². The normalized spacial score (nSPS) is 10.6. The molecule has 0 atom stereocenters. The summed E-state index contributed by atoms with van der Waals surface area (Å²) in [6, 6.07) is 8.28. The fourth-order valence-electron chi connectivity index (χ4n) is 4.68. The molecule has 0 spiro atoms. The summed E-state index contributed by atoms with van der Waals surface area (Å²) in [7, 11) is 0. The smallest absolute Gasteiger partial charge is 0.252 e. The topological polar surface area (TPSA) is 50.3 Å². The highest BCUT2D eigenvalue weighted by Crippen LogP contribution is 2.10. The highest BCUT2D eigenvalue weighted by molar-refractivity contribution is 5.43. The highest BCUT2D eigenvalue weighted by atomic mass is 35.5. The molecule has 0 bridgehead atoms. The Balaban J connectivity index is 0.00000800. The zero-order valence-electron chi connectivity index (χ0n) is 25.9. The Morgan fingerprint density at radius 3 is 1.29 bits per heavy atom. The van der Waals surface area contributed by atoms with E-state index in [1.807, 2.05) is 0 Å². The average Bonchev–Trinajstić information content (AvgIpc) is 2.95. The zero-order chi connectivity index (χ0) is 27.6. The molecule has 0 amide bonds. The SMILES string of the molecule is CCCCCCCCCCOC[n+]1cccc(NCNc2ccc[n+](COCCCCCCCCCC)c2)c1.[Cl-].[Cl-]. The van der Waals surface area contributed by atoms with E-state index < -0.39 is 0 Å². The molecule has 0 unspecified atom stereocenters. The number of halogens is 2. The van der Waals surface area contributed by atoms with Crippen LogP contribution in [0.2, 0.25) is 0 Å². The van der Waals surface area contributed by atoms with Gasteiger partial charge < -0.3 is 44.9 Å². The number of hydrogen-bond acceptors (Lipinski definition) is 4. The molecule has 0 saturated heterocycles. The van der Waals surface area contributed by atoms with Gasteiger partial charge >= 0.3 is 0 Å². The summed E-state index contributed by atoms with van der Waals surface area (Å²) in [6.45, 7) is 8.04. The maximum Gasteiger partial charge on any atom is 0.252 e. The molecule has 2 N–H and O–H groups in total. The van der Waals surface area contributed by atoms with Gasteiger partial charge in [0.25, 0.3) is 13.5 Å². The molecule has 0 aliphatic carbocycles. The van der Waals surface area contributed by atoms with Crippen LogP contribution in [0.3, 0.4) is 0 Å². The van der Waals surface area contributed by atoms with Gasteiger partial charge in [-0.25, -0.2) is 0 Å². The van der Waals surface area contributed by atoms with Crippen LogP contribution in [0.1, 0.15) is 117 Å². The number of aromatic nitrogens is 2. The molecule has 2 rings (SSSR count). The van der Waals surface area contributed by atoms with Gasteiger partial charge in [0.05, 0.1) is 19.9 Å². The molecule has 0 fully saturated rings. The summed E-state index contributed by atoms with van der Waals surface area (Å²) in [5.74, 6) is 0. The van der Waals surface area contributed by atoms with E-state index in [1.165, 1.54) is 89.9 Å². The molecule has 2 aromatic rings. The second-order valence-electron chi connectivity index (χ2n) is 10.8. The number of hydrogen-bond donors (Lipinski definition) is 2. The van der Waals surface area contributed by atoms with E-state index in [0.717, 1.165) is 37.4 Å². The summed E-state index contributed by atoms with van der Waals surface area (Å²) >= 11 is 0. The maximum atomic E-state index is 5.89. The van der Waals surface area contributed by atoms with Gasteiger partial charge in [-0.3, -0.25) is 0 Å². The predicted octanol–water partition coefficient (Wildman–Crippen LogP) is 1.98. The van der Waals surface area contributed by atoms with Gasteiger partial charge in [-0.15, -0.1) is 0 Å². The summed E-state index contributed by atoms with van der Waals surface area (Å²) in [4.78, 5) is 0. The first kappa shape index (κ1) is 39.4. The minimum Gasteiger partial charge on any atom is -1.00 e. The van der Waals surface area contributed by atoms with Crippen molar-refractivity contribution in [2.24, 2.45) is 0 Å². The van der Waals surface area contributed by atoms with E-state index in [2.05, 4.69) is 82.7 Å². The minimum absolute atomic E-state index is 0. The van der Waals surface area contributed by atoms with Crippen molar-refractivity contribution in [2.45, 2.75) is 130 Å². The molecule has 2 aromatic heterocycles. The van der Waals surface area contributed by atoms with Gasteiger partial charge in [0, 0.05) is 12.1 Å². The molecule has 236 valence electrons. The van der Waals surface area contributed by atoms with Crippen molar-refractivity contribution < 1.29 is 43.4 Å². The molecule has 0 aromatic carbocycles. The lowest BCUT2D eigenvalue weighted by molar-refractivity contribution is -0.732. The predicted molar refractivity (Wildman–Crippen MR) is 163 cm³/mol. The van der Waals surface area contributed by atoms with Crippen LogP contribution in [0.4, 0.5) is 11.4 Å². The quantitative estimate of drug-likeness (QED) is 0.0969. The Labute approximate surface area is 263 Å². The fourth-order valence-corrected chi connectivity index (χ4v) is 4.68. The number of pyridine rings is 2. The van der Waals surface area contributed by atoms with Crippen LogP contribution in [0.25, 0.3) is 0 Å². The van der Waals surface area contributed by atoms with Crippen LogP contribution < -0.4 is 44.6 Å². The second-order valence-corrected chi connectivity index (χ2v) is 10.8. The Kier molecular flexibility index (Phi) is 27.4. The lowest BCUT2D eigenvalue weighted by Crippen LogP contribution is -3.00. The number of nitrogens with one attached hydrogen (secondary N) is 2. The first-order chi connectivity index (χ1) is 19.3. The third-order valence-electron chi connectivity index (χ3n) is 7.07. The molecule has 8 heteroatoms. The summed E-state index contributed by atoms with van der Waals surface area (Å²) in [6.07, 6.45) is 29.5. The molecular weight excluding hydrogens is 555 g/mol. The molecule has 0 aliphatic rings. The summed E-state index contributed by atoms with van der Waals surface area (Å²) < 4.78 is 16.0. The largest absolute Gasteiger partial charge is 1.00 e. The van der Waals surface area contributed by atoms with Crippen LogP contribution in [0, 0.1) is 0 Å². The number of ether oxygens (including phenoxy) is 2. The molecule has 0 aliphatic heterocycles. The van der Waals surface area contributed by atoms with Gasteiger partial charge in [-0.05, 0) is 25.0 Å². The van der Waals surface area contributed by atoms with Crippen LogP contribution >= 0.6 is 0 Å². The van der Waals surface area contributed by atoms with E-state index >= 15 is 0 Å². The Morgan fingerprint density at radius 1 is 0.537 bits per heavy atom. The minimum atomic E-state index is 0. The van der Waals surface area contributed by atoms with Crippen LogP contribution in [0.5, 0.6) is 0 Å². The molecule has 6 nitrogen and oxygen atoms in total. The van der Waals surface area contributed by atoms with Gasteiger partial charge in [-0.1, -0.05) is 104 Å². The number of rotatable bonds is 26. The van der Waals surface area contributed by atoms with Crippen LogP contribution in [-0.2, 0) is 22.9 Å². The lowest BCUT2D eigenvalue weighted by atomic mass is 10.1. The van der Waals surface area contributed by atoms with E-state index in [-0.39, 0.29) is 24.8 Å². The molecule has 0 saturated carbocycles. The Morgan fingerprint density at radius 2 is 0.902 bits per heavy atom. The van der Waals surface area contributed by atoms with Gasteiger partial charge in [-0.2, -0.15) is 9.13 Å². The van der Waals surface area contributed by atoms with Gasteiger partial charge in [0.15, 0.2) is 24.8 Å². The van der Waals surface area contributed by atoms with Crippen molar-refractivity contribution in [1.82, 2.24) is 0 Å². The third kappa shape index (κ3) is 21.7. The number of anilines is 2. The lowest BCUT2D eigenvalue weighted by Gasteiger charge is -2.08. The molecular formula is C33H58Cl2N4O2. The van der Waals surface area contributed by atoms with Crippen molar-refractivity contribution in [2.75, 3.05) is 30.5 Å². The molecule has 0 radical (unpaired) electrons.